The van der Waals surface area contributed by atoms with Gasteiger partial charge in [0.25, 0.3) is 5.91 Å². The van der Waals surface area contributed by atoms with E-state index in [0.717, 1.165) is 37.1 Å². The monoisotopic (exact) mass is 524 g/mol. The van der Waals surface area contributed by atoms with E-state index < -0.39 is 11.9 Å². The van der Waals surface area contributed by atoms with Crippen LogP contribution in [0.15, 0.2) is 12.1 Å². The first-order valence-corrected chi connectivity index (χ1v) is 14.9. The maximum atomic E-state index is 14.7. The second-order valence-electron chi connectivity index (χ2n) is 12.7. The molecule has 6 aliphatic rings. The second kappa shape index (κ2) is 10.6. The summed E-state index contributed by atoms with van der Waals surface area (Å²) in [5.74, 6) is 1.52. The number of piperidine rings is 1. The molecule has 0 aromatic heterocycles. The summed E-state index contributed by atoms with van der Waals surface area (Å²) in [6.07, 6.45) is 14.8. The van der Waals surface area contributed by atoms with Gasteiger partial charge in [-0.05, 0) is 94.2 Å². The fourth-order valence-electron chi connectivity index (χ4n) is 8.48. The molecule has 3 amide bonds. The van der Waals surface area contributed by atoms with E-state index in [2.05, 4.69) is 16.0 Å². The molecule has 3 N–H and O–H groups in total. The standard InChI is InChI=1S/C30H41FN4O3/c31-24-7-6-22-23(18-35(29(22)38)25-8-9-26(36)34-28(25)37)27(24)32-10-4-2-1-3-5-11-33-30-15-19-12-20(16-30)14-21(13-19)17-30/h6-7,19-21,25,32-33H,1-5,8-18H2,(H,34,36,37). The summed E-state index contributed by atoms with van der Waals surface area (Å²) >= 11 is 0. The Morgan fingerprint density at radius 3 is 2.26 bits per heavy atom. The summed E-state index contributed by atoms with van der Waals surface area (Å²) in [6.45, 7) is 1.95. The smallest absolute Gasteiger partial charge is 0.255 e. The average molecular weight is 525 g/mol. The molecule has 7 nitrogen and oxygen atoms in total. The Kier molecular flexibility index (Phi) is 7.18. The number of carbonyl (C=O) groups excluding carboxylic acids is 3. The van der Waals surface area contributed by atoms with Crippen LogP contribution >= 0.6 is 0 Å². The number of nitrogens with zero attached hydrogens (tertiary/aromatic N) is 1. The van der Waals surface area contributed by atoms with E-state index in [-0.39, 0.29) is 30.6 Å². The van der Waals surface area contributed by atoms with E-state index in [4.69, 9.17) is 0 Å². The van der Waals surface area contributed by atoms with Gasteiger partial charge >= 0.3 is 0 Å². The van der Waals surface area contributed by atoms with E-state index in [1.54, 1.807) is 0 Å². The molecule has 1 unspecified atom stereocenters. The summed E-state index contributed by atoms with van der Waals surface area (Å²) in [5, 5.41) is 9.53. The number of benzene rings is 1. The number of hydrogen-bond donors (Lipinski definition) is 3. The third-order valence-corrected chi connectivity index (χ3v) is 9.86. The molecule has 4 saturated carbocycles. The van der Waals surface area contributed by atoms with Crippen molar-refractivity contribution >= 4 is 23.4 Å². The Labute approximate surface area is 224 Å². The lowest BCUT2D eigenvalue weighted by atomic mass is 9.53. The molecule has 5 fully saturated rings. The van der Waals surface area contributed by atoms with Crippen LogP contribution < -0.4 is 16.0 Å². The number of nitrogens with one attached hydrogen (secondary N) is 3. The number of unbranched alkanes of at least 4 members (excludes halogenated alkanes) is 4. The van der Waals surface area contributed by atoms with Gasteiger partial charge in [0.15, 0.2) is 0 Å². The largest absolute Gasteiger partial charge is 0.382 e. The molecule has 1 aromatic carbocycles. The number of halogens is 1. The molecule has 8 heteroatoms. The van der Waals surface area contributed by atoms with Crippen molar-refractivity contribution in [3.8, 4) is 0 Å². The van der Waals surface area contributed by atoms with Gasteiger partial charge in [0.1, 0.15) is 11.9 Å². The number of fused-ring (bicyclic) bond motifs is 1. The van der Waals surface area contributed by atoms with Gasteiger partial charge in [-0.2, -0.15) is 0 Å². The van der Waals surface area contributed by atoms with Crippen molar-refractivity contribution in [2.24, 2.45) is 17.8 Å². The van der Waals surface area contributed by atoms with Crippen LogP contribution in [0.25, 0.3) is 0 Å². The van der Waals surface area contributed by atoms with Gasteiger partial charge in [-0.1, -0.05) is 19.3 Å². The maximum Gasteiger partial charge on any atom is 0.255 e. The minimum absolute atomic E-state index is 0.178. The number of carbonyl (C=O) groups is 3. The lowest BCUT2D eigenvalue weighted by Crippen LogP contribution is -2.58. The topological polar surface area (TPSA) is 90.5 Å². The van der Waals surface area contributed by atoms with Crippen LogP contribution in [0.1, 0.15) is 99.4 Å². The third-order valence-electron chi connectivity index (χ3n) is 9.86. The van der Waals surface area contributed by atoms with Gasteiger partial charge in [0.2, 0.25) is 11.8 Å². The molecule has 2 aliphatic heterocycles. The quantitative estimate of drug-likeness (QED) is 0.293. The Hall–Kier alpha value is -2.48. The Morgan fingerprint density at radius 1 is 0.921 bits per heavy atom. The average Bonchev–Trinajstić information content (AvgIpc) is 3.19. The van der Waals surface area contributed by atoms with Gasteiger partial charge < -0.3 is 15.5 Å². The van der Waals surface area contributed by atoms with Gasteiger partial charge in [-0.15, -0.1) is 0 Å². The fourth-order valence-corrected chi connectivity index (χ4v) is 8.48. The van der Waals surface area contributed by atoms with Crippen molar-refractivity contribution in [2.45, 2.75) is 102 Å². The van der Waals surface area contributed by atoms with Crippen LogP contribution in [0.4, 0.5) is 10.1 Å². The van der Waals surface area contributed by atoms with E-state index >= 15 is 0 Å². The maximum absolute atomic E-state index is 14.7. The molecule has 1 saturated heterocycles. The molecule has 4 aliphatic carbocycles. The van der Waals surface area contributed by atoms with Crippen LogP contribution in [0.5, 0.6) is 0 Å². The van der Waals surface area contributed by atoms with Gasteiger partial charge in [-0.3, -0.25) is 19.7 Å². The second-order valence-corrected chi connectivity index (χ2v) is 12.7. The van der Waals surface area contributed by atoms with Crippen molar-refractivity contribution in [1.29, 1.82) is 0 Å². The molecule has 1 atom stereocenters. The highest BCUT2D eigenvalue weighted by Crippen LogP contribution is 2.55. The fraction of sp³-hybridized carbons (Fsp3) is 0.700. The first kappa shape index (κ1) is 25.8. The molecule has 38 heavy (non-hydrogen) atoms. The molecule has 206 valence electrons. The van der Waals surface area contributed by atoms with E-state index in [1.165, 1.54) is 74.8 Å². The lowest BCUT2D eigenvalue weighted by molar-refractivity contribution is -0.136. The highest BCUT2D eigenvalue weighted by atomic mass is 19.1. The van der Waals surface area contributed by atoms with Crippen LogP contribution in [0.3, 0.4) is 0 Å². The summed E-state index contributed by atoms with van der Waals surface area (Å²) < 4.78 is 14.7. The summed E-state index contributed by atoms with van der Waals surface area (Å²) in [4.78, 5) is 38.2. The van der Waals surface area contributed by atoms with E-state index in [9.17, 15) is 18.8 Å². The third kappa shape index (κ3) is 5.08. The Balaban J connectivity index is 0.920. The van der Waals surface area contributed by atoms with Gasteiger partial charge in [-0.25, -0.2) is 4.39 Å². The summed E-state index contributed by atoms with van der Waals surface area (Å²) in [7, 11) is 0. The Bertz CT molecular complexity index is 1070. The zero-order valence-electron chi connectivity index (χ0n) is 22.3. The van der Waals surface area contributed by atoms with Crippen LogP contribution in [0.2, 0.25) is 0 Å². The zero-order valence-corrected chi connectivity index (χ0v) is 22.3. The van der Waals surface area contributed by atoms with Crippen molar-refractivity contribution in [3.63, 3.8) is 0 Å². The molecular weight excluding hydrogens is 483 g/mol. The number of amides is 3. The number of anilines is 1. The molecule has 0 spiro atoms. The highest BCUT2D eigenvalue weighted by Gasteiger charge is 2.50. The predicted molar refractivity (Wildman–Crippen MR) is 143 cm³/mol. The van der Waals surface area contributed by atoms with Crippen molar-refractivity contribution in [2.75, 3.05) is 18.4 Å². The molecule has 4 bridgehead atoms. The molecule has 2 heterocycles. The summed E-state index contributed by atoms with van der Waals surface area (Å²) in [5.41, 5.74) is 1.86. The van der Waals surface area contributed by atoms with Gasteiger partial charge in [0, 0.05) is 36.2 Å². The summed E-state index contributed by atoms with van der Waals surface area (Å²) in [6, 6.07) is 2.13. The minimum Gasteiger partial charge on any atom is -0.382 e. The number of hydrogen-bond acceptors (Lipinski definition) is 5. The minimum atomic E-state index is -0.694. The predicted octanol–water partition coefficient (Wildman–Crippen LogP) is 4.51. The SMILES string of the molecule is O=C1CCC(N2Cc3c(ccc(F)c3NCCCCCCCNC34CC5CC(CC(C5)C3)C4)C2=O)C(=O)N1. The molecule has 7 rings (SSSR count). The van der Waals surface area contributed by atoms with E-state index in [1.807, 2.05) is 0 Å². The van der Waals surface area contributed by atoms with Gasteiger partial charge in [0.05, 0.1) is 5.69 Å². The highest BCUT2D eigenvalue weighted by molar-refractivity contribution is 6.06. The first-order valence-electron chi connectivity index (χ1n) is 14.9. The van der Waals surface area contributed by atoms with Crippen molar-refractivity contribution in [1.82, 2.24) is 15.5 Å². The lowest BCUT2D eigenvalue weighted by Gasteiger charge is -2.57. The molecular formula is C30H41FN4O3. The first-order chi connectivity index (χ1) is 18.4. The van der Waals surface area contributed by atoms with E-state index in [0.29, 0.717) is 35.3 Å². The number of rotatable bonds is 11. The van der Waals surface area contributed by atoms with Crippen molar-refractivity contribution in [3.05, 3.63) is 29.1 Å². The number of imide groups is 1. The zero-order chi connectivity index (χ0) is 26.3. The Morgan fingerprint density at radius 2 is 1.58 bits per heavy atom. The van der Waals surface area contributed by atoms with Crippen molar-refractivity contribution < 1.29 is 18.8 Å². The molecule has 0 radical (unpaired) electrons. The normalized spacial score (nSPS) is 31.6. The van der Waals surface area contributed by atoms with Crippen LogP contribution in [-0.2, 0) is 16.1 Å². The van der Waals surface area contributed by atoms with Crippen LogP contribution in [-0.4, -0.2) is 47.3 Å². The molecule has 1 aromatic rings. The van der Waals surface area contributed by atoms with Crippen LogP contribution in [0, 0.1) is 23.6 Å².